The fourth-order valence-corrected chi connectivity index (χ4v) is 2.27. The molecule has 0 aliphatic rings. The number of benzene rings is 1. The molecule has 1 heterocycles. The Bertz CT molecular complexity index is 640. The summed E-state index contributed by atoms with van der Waals surface area (Å²) in [5.74, 6) is 0. The fraction of sp³-hybridized carbons (Fsp3) is 0.400. The van der Waals surface area contributed by atoms with Crippen LogP contribution in [0.15, 0.2) is 30.3 Å². The highest BCUT2D eigenvalue weighted by Gasteiger charge is 2.22. The van der Waals surface area contributed by atoms with Crippen molar-refractivity contribution >= 4 is 5.69 Å². The first-order chi connectivity index (χ1) is 10.5. The topological polar surface area (TPSA) is 90.4 Å². The van der Waals surface area contributed by atoms with E-state index in [2.05, 4.69) is 5.10 Å². The molecule has 1 aromatic carbocycles. The Balaban J connectivity index is 1.88. The first-order valence-electron chi connectivity index (χ1n) is 6.97. The third kappa shape index (κ3) is 3.90. The van der Waals surface area contributed by atoms with Gasteiger partial charge in [-0.3, -0.25) is 14.8 Å². The van der Waals surface area contributed by atoms with Crippen molar-refractivity contribution < 1.29 is 14.8 Å². The van der Waals surface area contributed by atoms with E-state index in [1.807, 2.05) is 30.3 Å². The lowest BCUT2D eigenvalue weighted by Crippen LogP contribution is -2.23. The zero-order valence-corrected chi connectivity index (χ0v) is 12.6. The lowest BCUT2D eigenvalue weighted by molar-refractivity contribution is -0.386. The second-order valence-electron chi connectivity index (χ2n) is 5.11. The Morgan fingerprint density at radius 2 is 2.05 bits per heavy atom. The first-order valence-corrected chi connectivity index (χ1v) is 6.97. The highest BCUT2D eigenvalue weighted by molar-refractivity contribution is 5.39. The van der Waals surface area contributed by atoms with E-state index in [-0.39, 0.29) is 18.8 Å². The SMILES string of the molecule is Cc1nn(CC(O)COCc2ccccc2)c(C)c1[N+](=O)[O-]. The van der Waals surface area contributed by atoms with E-state index in [1.165, 1.54) is 4.68 Å². The third-order valence-electron chi connectivity index (χ3n) is 3.33. The van der Waals surface area contributed by atoms with E-state index in [0.29, 0.717) is 18.0 Å². The van der Waals surface area contributed by atoms with Crippen LogP contribution in [0.5, 0.6) is 0 Å². The minimum atomic E-state index is -0.777. The number of hydrogen-bond acceptors (Lipinski definition) is 5. The predicted octanol–water partition coefficient (Wildman–Crippen LogP) is 1.99. The van der Waals surface area contributed by atoms with Crippen LogP contribution in [0.25, 0.3) is 0 Å². The summed E-state index contributed by atoms with van der Waals surface area (Å²) < 4.78 is 6.90. The number of nitrogens with zero attached hydrogens (tertiary/aromatic N) is 3. The largest absolute Gasteiger partial charge is 0.389 e. The molecule has 1 N–H and O–H groups in total. The molecule has 0 spiro atoms. The van der Waals surface area contributed by atoms with Crippen LogP contribution < -0.4 is 0 Å². The number of rotatable bonds is 7. The van der Waals surface area contributed by atoms with Crippen molar-refractivity contribution in [2.75, 3.05) is 6.61 Å². The van der Waals surface area contributed by atoms with Gasteiger partial charge in [-0.05, 0) is 19.4 Å². The second-order valence-corrected chi connectivity index (χ2v) is 5.11. The monoisotopic (exact) mass is 305 g/mol. The van der Waals surface area contributed by atoms with E-state index in [0.717, 1.165) is 5.56 Å². The molecule has 1 unspecified atom stereocenters. The summed E-state index contributed by atoms with van der Waals surface area (Å²) in [5, 5.41) is 25.0. The Labute approximate surface area is 128 Å². The quantitative estimate of drug-likeness (QED) is 0.624. The van der Waals surface area contributed by atoms with Crippen molar-refractivity contribution in [1.29, 1.82) is 0 Å². The van der Waals surface area contributed by atoms with Crippen LogP contribution >= 0.6 is 0 Å². The summed E-state index contributed by atoms with van der Waals surface area (Å²) in [6.45, 7) is 3.92. The number of aliphatic hydroxyl groups excluding tert-OH is 1. The fourth-order valence-electron chi connectivity index (χ4n) is 2.27. The van der Waals surface area contributed by atoms with Gasteiger partial charge >= 0.3 is 5.69 Å². The molecule has 0 aliphatic heterocycles. The summed E-state index contributed by atoms with van der Waals surface area (Å²) in [4.78, 5) is 10.5. The van der Waals surface area contributed by atoms with Crippen LogP contribution in [0, 0.1) is 24.0 Å². The molecule has 0 saturated heterocycles. The van der Waals surface area contributed by atoms with E-state index in [4.69, 9.17) is 4.74 Å². The van der Waals surface area contributed by atoms with Gasteiger partial charge in [0, 0.05) is 0 Å². The molecular weight excluding hydrogens is 286 g/mol. The Morgan fingerprint density at radius 1 is 1.36 bits per heavy atom. The van der Waals surface area contributed by atoms with Gasteiger partial charge < -0.3 is 9.84 Å². The van der Waals surface area contributed by atoms with E-state index < -0.39 is 11.0 Å². The maximum Gasteiger partial charge on any atom is 0.312 e. The molecule has 0 saturated carbocycles. The average Bonchev–Trinajstić information content (AvgIpc) is 2.74. The maximum absolute atomic E-state index is 10.9. The molecular formula is C15H19N3O4. The minimum absolute atomic E-state index is 0.00240. The van der Waals surface area contributed by atoms with Crippen molar-refractivity contribution in [1.82, 2.24) is 9.78 Å². The van der Waals surface area contributed by atoms with Crippen LogP contribution in [0.3, 0.4) is 0 Å². The molecule has 0 bridgehead atoms. The maximum atomic E-state index is 10.9. The molecule has 0 amide bonds. The molecule has 2 aromatic rings. The molecule has 0 aliphatic carbocycles. The molecule has 0 fully saturated rings. The third-order valence-corrected chi connectivity index (χ3v) is 3.33. The Kier molecular flexibility index (Phi) is 5.24. The number of ether oxygens (including phenoxy) is 1. The van der Waals surface area contributed by atoms with Crippen LogP contribution in [0.2, 0.25) is 0 Å². The summed E-state index contributed by atoms with van der Waals surface area (Å²) >= 11 is 0. The number of aromatic nitrogens is 2. The van der Waals surface area contributed by atoms with Crippen LogP contribution in [0.4, 0.5) is 5.69 Å². The molecule has 2 rings (SSSR count). The molecule has 7 heteroatoms. The summed E-state index contributed by atoms with van der Waals surface area (Å²) in [7, 11) is 0. The zero-order chi connectivity index (χ0) is 16.1. The van der Waals surface area contributed by atoms with Crippen molar-refractivity contribution in [2.24, 2.45) is 0 Å². The van der Waals surface area contributed by atoms with Gasteiger partial charge in [0.1, 0.15) is 11.4 Å². The van der Waals surface area contributed by atoms with Gasteiger partial charge in [0.15, 0.2) is 0 Å². The van der Waals surface area contributed by atoms with E-state index in [1.54, 1.807) is 13.8 Å². The average molecular weight is 305 g/mol. The number of aryl methyl sites for hydroxylation is 1. The summed E-state index contributed by atoms with van der Waals surface area (Å²) in [6.07, 6.45) is -0.777. The van der Waals surface area contributed by atoms with Crippen LogP contribution in [-0.2, 0) is 17.9 Å². The lowest BCUT2D eigenvalue weighted by Gasteiger charge is -2.12. The number of aliphatic hydroxyl groups is 1. The standard InChI is InChI=1S/C15H19N3O4/c1-11-15(18(20)21)12(2)17(16-11)8-14(19)10-22-9-13-6-4-3-5-7-13/h3-7,14,19H,8-10H2,1-2H3. The van der Waals surface area contributed by atoms with Gasteiger partial charge in [-0.15, -0.1) is 0 Å². The van der Waals surface area contributed by atoms with Crippen molar-refractivity contribution in [3.8, 4) is 0 Å². The molecule has 22 heavy (non-hydrogen) atoms. The molecule has 7 nitrogen and oxygen atoms in total. The normalized spacial score (nSPS) is 12.3. The molecule has 1 aromatic heterocycles. The minimum Gasteiger partial charge on any atom is -0.389 e. The molecule has 1 atom stereocenters. The highest BCUT2D eigenvalue weighted by Crippen LogP contribution is 2.21. The van der Waals surface area contributed by atoms with Crippen LogP contribution in [0.1, 0.15) is 17.0 Å². The lowest BCUT2D eigenvalue weighted by atomic mass is 10.2. The summed E-state index contributed by atoms with van der Waals surface area (Å²) in [5.41, 5.74) is 1.80. The smallest absolute Gasteiger partial charge is 0.312 e. The van der Waals surface area contributed by atoms with Crippen molar-refractivity contribution in [2.45, 2.75) is 33.1 Å². The van der Waals surface area contributed by atoms with Crippen LogP contribution in [-0.4, -0.2) is 32.5 Å². The van der Waals surface area contributed by atoms with E-state index in [9.17, 15) is 15.2 Å². The van der Waals surface area contributed by atoms with Gasteiger partial charge in [0.05, 0.1) is 30.8 Å². The number of hydrogen-bond donors (Lipinski definition) is 1. The van der Waals surface area contributed by atoms with Gasteiger partial charge in [-0.1, -0.05) is 30.3 Å². The van der Waals surface area contributed by atoms with Crippen molar-refractivity contribution in [3.63, 3.8) is 0 Å². The zero-order valence-electron chi connectivity index (χ0n) is 12.6. The Morgan fingerprint density at radius 3 is 2.64 bits per heavy atom. The van der Waals surface area contributed by atoms with Gasteiger partial charge in [0.25, 0.3) is 0 Å². The van der Waals surface area contributed by atoms with Gasteiger partial charge in [-0.2, -0.15) is 5.10 Å². The van der Waals surface area contributed by atoms with Gasteiger partial charge in [0.2, 0.25) is 0 Å². The highest BCUT2D eigenvalue weighted by atomic mass is 16.6. The molecule has 118 valence electrons. The Hall–Kier alpha value is -2.25. The van der Waals surface area contributed by atoms with E-state index >= 15 is 0 Å². The second kappa shape index (κ2) is 7.15. The van der Waals surface area contributed by atoms with Gasteiger partial charge in [-0.25, -0.2) is 0 Å². The first kappa shape index (κ1) is 16.1. The summed E-state index contributed by atoms with van der Waals surface area (Å²) in [6, 6.07) is 9.65. The van der Waals surface area contributed by atoms with Crippen molar-refractivity contribution in [3.05, 3.63) is 57.4 Å². The predicted molar refractivity (Wildman–Crippen MR) is 80.5 cm³/mol. The molecule has 0 radical (unpaired) electrons. The number of nitro groups is 1.